The van der Waals surface area contributed by atoms with Gasteiger partial charge in [-0.2, -0.15) is 0 Å². The van der Waals surface area contributed by atoms with Crippen LogP contribution in [0.4, 0.5) is 5.69 Å². The molecular formula is C21H15ClN3O3+. The number of aromatic nitrogens is 2. The maximum Gasteiger partial charge on any atom is 0.287 e. The number of halogens is 1. The zero-order valence-electron chi connectivity index (χ0n) is 14.7. The zero-order chi connectivity index (χ0) is 19.7. The minimum atomic E-state index is -0.483. The van der Waals surface area contributed by atoms with E-state index in [4.69, 9.17) is 11.6 Å². The number of nitrogens with zero attached hydrogens (tertiary/aromatic N) is 3. The van der Waals surface area contributed by atoms with E-state index in [1.807, 2.05) is 63.8 Å². The highest BCUT2D eigenvalue weighted by molar-refractivity contribution is 6.30. The summed E-state index contributed by atoms with van der Waals surface area (Å²) >= 11 is 6.00. The molecule has 28 heavy (non-hydrogen) atoms. The predicted molar refractivity (Wildman–Crippen MR) is 105 cm³/mol. The monoisotopic (exact) mass is 392 g/mol. The average molecular weight is 393 g/mol. The van der Waals surface area contributed by atoms with E-state index in [1.54, 1.807) is 0 Å². The molecule has 7 heteroatoms. The molecule has 0 amide bonds. The quantitative estimate of drug-likeness (QED) is 0.219. The second-order valence-electron chi connectivity index (χ2n) is 6.30. The lowest BCUT2D eigenvalue weighted by Gasteiger charge is -2.04. The van der Waals surface area contributed by atoms with Gasteiger partial charge < -0.3 is 0 Å². The number of carbonyl (C=O) groups excluding carboxylic acids is 1. The van der Waals surface area contributed by atoms with Crippen LogP contribution in [0.2, 0.25) is 5.02 Å². The molecule has 0 spiro atoms. The van der Waals surface area contributed by atoms with Crippen LogP contribution in [0, 0.1) is 10.1 Å². The number of Topliss-reactive ketones (excluding diaryl/α,β-unsaturated/α-hetero) is 1. The van der Waals surface area contributed by atoms with E-state index in [-0.39, 0.29) is 18.0 Å². The normalized spacial score (nSPS) is 10.9. The molecule has 0 aliphatic heterocycles. The van der Waals surface area contributed by atoms with E-state index in [1.165, 1.54) is 24.3 Å². The van der Waals surface area contributed by atoms with E-state index in [9.17, 15) is 14.9 Å². The lowest BCUT2D eigenvalue weighted by atomic mass is 10.1. The molecule has 0 fully saturated rings. The number of carbonyl (C=O) groups is 1. The van der Waals surface area contributed by atoms with Crippen molar-refractivity contribution in [1.82, 2.24) is 4.57 Å². The van der Waals surface area contributed by atoms with Crippen LogP contribution in [0.3, 0.4) is 0 Å². The molecule has 138 valence electrons. The van der Waals surface area contributed by atoms with E-state index < -0.39 is 4.92 Å². The van der Waals surface area contributed by atoms with Crippen molar-refractivity contribution in [1.29, 1.82) is 0 Å². The third kappa shape index (κ3) is 3.37. The number of hydrogen-bond donors (Lipinski definition) is 0. The predicted octanol–water partition coefficient (Wildman–Crippen LogP) is 4.34. The molecule has 4 rings (SSSR count). The molecule has 2 heterocycles. The number of imidazole rings is 1. The Bertz CT molecular complexity index is 1180. The van der Waals surface area contributed by atoms with Crippen LogP contribution in [0.25, 0.3) is 16.9 Å². The number of non-ortho nitro benzene ring substituents is 1. The first-order valence-corrected chi connectivity index (χ1v) is 8.94. The molecule has 0 saturated heterocycles. The summed E-state index contributed by atoms with van der Waals surface area (Å²) in [5, 5.41) is 11.5. The third-order valence-corrected chi connectivity index (χ3v) is 4.79. The highest BCUT2D eigenvalue weighted by Gasteiger charge is 2.22. The molecule has 4 aromatic rings. The summed E-state index contributed by atoms with van der Waals surface area (Å²) in [6.07, 6.45) is 3.88. The summed E-state index contributed by atoms with van der Waals surface area (Å²) < 4.78 is 3.88. The molecule has 0 radical (unpaired) electrons. The van der Waals surface area contributed by atoms with Crippen LogP contribution < -0.4 is 4.40 Å². The second-order valence-corrected chi connectivity index (χ2v) is 6.74. The van der Waals surface area contributed by atoms with Crippen molar-refractivity contribution >= 4 is 28.7 Å². The van der Waals surface area contributed by atoms with Gasteiger partial charge in [-0.1, -0.05) is 17.7 Å². The van der Waals surface area contributed by atoms with Crippen molar-refractivity contribution in [3.8, 4) is 11.3 Å². The van der Waals surface area contributed by atoms with Crippen LogP contribution in [-0.4, -0.2) is 15.3 Å². The number of pyridine rings is 1. The minimum Gasteiger partial charge on any atom is -0.290 e. The number of nitro benzene ring substituents is 1. The van der Waals surface area contributed by atoms with E-state index in [0.717, 1.165) is 16.9 Å². The number of ketones is 1. The molecule has 2 aromatic carbocycles. The smallest absolute Gasteiger partial charge is 0.287 e. The van der Waals surface area contributed by atoms with Gasteiger partial charge >= 0.3 is 0 Å². The Labute approximate surface area is 165 Å². The summed E-state index contributed by atoms with van der Waals surface area (Å²) in [6, 6.07) is 18.9. The van der Waals surface area contributed by atoms with Gasteiger partial charge in [0.15, 0.2) is 12.2 Å². The third-order valence-electron chi connectivity index (χ3n) is 4.54. The largest absolute Gasteiger partial charge is 0.290 e. The van der Waals surface area contributed by atoms with Crippen LogP contribution in [0.5, 0.6) is 0 Å². The molecule has 6 nitrogen and oxygen atoms in total. The number of hydrogen-bond acceptors (Lipinski definition) is 3. The first-order chi connectivity index (χ1) is 13.5. The molecule has 2 aromatic heterocycles. The van der Waals surface area contributed by atoms with Crippen LogP contribution in [0.15, 0.2) is 79.1 Å². The lowest BCUT2D eigenvalue weighted by Crippen LogP contribution is -2.19. The summed E-state index contributed by atoms with van der Waals surface area (Å²) in [4.78, 5) is 23.2. The zero-order valence-corrected chi connectivity index (χ0v) is 15.4. The number of nitro groups is 1. The van der Waals surface area contributed by atoms with Gasteiger partial charge in [0, 0.05) is 34.3 Å². The molecule has 0 aliphatic rings. The number of rotatable bonds is 5. The Balaban J connectivity index is 1.74. The molecule has 0 aliphatic carbocycles. The van der Waals surface area contributed by atoms with Crippen molar-refractivity contribution in [2.75, 3.05) is 0 Å². The first kappa shape index (κ1) is 17.9. The van der Waals surface area contributed by atoms with Crippen molar-refractivity contribution in [3.05, 3.63) is 99.8 Å². The number of fused-ring (bicyclic) bond motifs is 1. The number of benzene rings is 2. The highest BCUT2D eigenvalue weighted by atomic mass is 35.5. The SMILES string of the molecule is O=C(Cn1c(-c2ccc(Cl)cc2)c[n+]2ccccc12)c1ccc([N+](=O)[O-])cc1. The summed E-state index contributed by atoms with van der Waals surface area (Å²) in [6.45, 7) is 0.107. The van der Waals surface area contributed by atoms with Gasteiger partial charge in [0.1, 0.15) is 6.20 Å². The fraction of sp³-hybridized carbons (Fsp3) is 0.0476. The van der Waals surface area contributed by atoms with Crippen LogP contribution in [0.1, 0.15) is 10.4 Å². The van der Waals surface area contributed by atoms with Gasteiger partial charge in [-0.15, -0.1) is 0 Å². The Hall–Kier alpha value is -3.51. The van der Waals surface area contributed by atoms with Crippen LogP contribution >= 0.6 is 11.6 Å². The molecule has 0 N–H and O–H groups in total. The second kappa shape index (κ2) is 7.25. The fourth-order valence-electron chi connectivity index (χ4n) is 3.13. The van der Waals surface area contributed by atoms with Crippen molar-refractivity contribution in [2.24, 2.45) is 0 Å². The molecular weight excluding hydrogens is 378 g/mol. The maximum atomic E-state index is 12.9. The highest BCUT2D eigenvalue weighted by Crippen LogP contribution is 2.23. The van der Waals surface area contributed by atoms with Crippen molar-refractivity contribution < 1.29 is 14.1 Å². The van der Waals surface area contributed by atoms with Gasteiger partial charge in [-0.05, 0) is 42.5 Å². The molecule has 0 bridgehead atoms. The standard InChI is InChI=1S/C21H15ClN3O3/c22-17-8-4-15(5-9-17)19-13-23-12-2-1-3-21(23)24(19)14-20(26)16-6-10-18(11-7-16)25(27)28/h1-13H,14H2/q+1. The van der Waals surface area contributed by atoms with Crippen LogP contribution in [-0.2, 0) is 6.54 Å². The van der Waals surface area contributed by atoms with Gasteiger partial charge in [-0.25, -0.2) is 8.97 Å². The molecule has 0 saturated carbocycles. The van der Waals surface area contributed by atoms with Gasteiger partial charge in [-0.3, -0.25) is 14.9 Å². The topological polar surface area (TPSA) is 69.2 Å². The summed E-state index contributed by atoms with van der Waals surface area (Å²) in [5.41, 5.74) is 3.06. The Morgan fingerprint density at radius 2 is 1.75 bits per heavy atom. The van der Waals surface area contributed by atoms with E-state index in [2.05, 4.69) is 0 Å². The van der Waals surface area contributed by atoms with E-state index >= 15 is 0 Å². The molecule has 0 unspecified atom stereocenters. The van der Waals surface area contributed by atoms with Crippen molar-refractivity contribution in [2.45, 2.75) is 6.54 Å². The first-order valence-electron chi connectivity index (χ1n) is 8.56. The maximum absolute atomic E-state index is 12.9. The Morgan fingerprint density at radius 1 is 1.04 bits per heavy atom. The van der Waals surface area contributed by atoms with Gasteiger partial charge in [0.2, 0.25) is 5.78 Å². The average Bonchev–Trinajstić information content (AvgIpc) is 3.07. The summed E-state index contributed by atoms with van der Waals surface area (Å²) in [5.74, 6) is -0.132. The lowest BCUT2D eigenvalue weighted by molar-refractivity contribution is -0.510. The minimum absolute atomic E-state index is 0.0413. The Kier molecular flexibility index (Phi) is 4.63. The van der Waals surface area contributed by atoms with E-state index in [0.29, 0.717) is 10.6 Å². The fourth-order valence-corrected chi connectivity index (χ4v) is 3.26. The van der Waals surface area contributed by atoms with Gasteiger partial charge in [0.25, 0.3) is 11.3 Å². The van der Waals surface area contributed by atoms with Gasteiger partial charge in [0.05, 0.1) is 11.1 Å². The summed E-state index contributed by atoms with van der Waals surface area (Å²) in [7, 11) is 0. The molecule has 0 atom stereocenters. The van der Waals surface area contributed by atoms with Crippen molar-refractivity contribution in [3.63, 3.8) is 0 Å². The Morgan fingerprint density at radius 3 is 2.43 bits per heavy atom.